The lowest BCUT2D eigenvalue weighted by Crippen LogP contribution is -2.26. The highest BCUT2D eigenvalue weighted by atomic mass is 79.9. The van der Waals surface area contributed by atoms with Gasteiger partial charge in [0.1, 0.15) is 17.5 Å². The molecule has 0 spiro atoms. The van der Waals surface area contributed by atoms with Gasteiger partial charge in [0.05, 0.1) is 21.5 Å². The van der Waals surface area contributed by atoms with E-state index in [1.54, 1.807) is 42.0 Å². The normalized spacial score (nSPS) is 12.3. The summed E-state index contributed by atoms with van der Waals surface area (Å²) in [6, 6.07) is 7.55. The van der Waals surface area contributed by atoms with Crippen LogP contribution >= 0.6 is 15.9 Å². The second-order valence-electron chi connectivity index (χ2n) is 4.89. The van der Waals surface area contributed by atoms with Crippen molar-refractivity contribution in [3.8, 4) is 5.82 Å². The lowest BCUT2D eigenvalue weighted by atomic mass is 10.3. The highest BCUT2D eigenvalue weighted by Crippen LogP contribution is 2.31. The number of nitrogens with zero attached hydrogens (tertiary/aromatic N) is 3. The number of nitrogens with one attached hydrogen (secondary N) is 1. The van der Waals surface area contributed by atoms with E-state index in [2.05, 4.69) is 31.2 Å². The molecule has 8 heteroatoms. The smallest absolute Gasteiger partial charge is 0.405 e. The molecule has 1 amide bonds. The van der Waals surface area contributed by atoms with Crippen molar-refractivity contribution in [2.24, 2.45) is 0 Å². The Morgan fingerprint density at radius 1 is 1.39 bits per heavy atom. The van der Waals surface area contributed by atoms with Crippen molar-refractivity contribution in [2.75, 3.05) is 0 Å². The minimum Gasteiger partial charge on any atom is -0.465 e. The lowest BCUT2D eigenvalue weighted by molar-refractivity contribution is 0.190. The summed E-state index contributed by atoms with van der Waals surface area (Å²) in [4.78, 5) is 19.6. The van der Waals surface area contributed by atoms with E-state index in [0.29, 0.717) is 22.7 Å². The van der Waals surface area contributed by atoms with Crippen molar-refractivity contribution in [2.45, 2.75) is 13.0 Å². The summed E-state index contributed by atoms with van der Waals surface area (Å²) in [6.07, 6.45) is 0.440. The molecule has 0 fully saturated rings. The molecule has 0 aliphatic carbocycles. The summed E-state index contributed by atoms with van der Waals surface area (Å²) >= 11 is 3.24. The highest BCUT2D eigenvalue weighted by molar-refractivity contribution is 9.10. The molecule has 0 saturated heterocycles. The largest absolute Gasteiger partial charge is 0.465 e. The maximum absolute atomic E-state index is 13.9. The summed E-state index contributed by atoms with van der Waals surface area (Å²) in [6.45, 7) is 1.67. The second kappa shape index (κ2) is 5.96. The topological polar surface area (TPSA) is 80.0 Å². The van der Waals surface area contributed by atoms with Crippen LogP contribution < -0.4 is 5.32 Å². The van der Waals surface area contributed by atoms with Crippen LogP contribution in [0.2, 0.25) is 0 Å². The molecule has 1 aromatic carbocycles. The Kier molecular flexibility index (Phi) is 3.99. The minimum absolute atomic E-state index is 0.252. The molecule has 0 unspecified atom stereocenters. The monoisotopic (exact) mass is 378 g/mol. The summed E-state index contributed by atoms with van der Waals surface area (Å²) < 4.78 is 15.8. The van der Waals surface area contributed by atoms with Crippen molar-refractivity contribution >= 4 is 33.1 Å². The van der Waals surface area contributed by atoms with Crippen molar-refractivity contribution in [1.82, 2.24) is 19.9 Å². The fourth-order valence-corrected chi connectivity index (χ4v) is 2.89. The molecule has 23 heavy (non-hydrogen) atoms. The number of aromatic nitrogens is 3. The summed E-state index contributed by atoms with van der Waals surface area (Å²) in [5, 5.41) is 11.3. The van der Waals surface area contributed by atoms with E-state index in [1.165, 1.54) is 6.07 Å². The number of pyridine rings is 1. The molecule has 0 aliphatic rings. The molecule has 0 bridgehead atoms. The number of rotatable bonds is 3. The van der Waals surface area contributed by atoms with Crippen molar-refractivity contribution in [1.29, 1.82) is 0 Å². The van der Waals surface area contributed by atoms with E-state index < -0.39 is 18.0 Å². The van der Waals surface area contributed by atoms with Gasteiger partial charge < -0.3 is 10.4 Å². The van der Waals surface area contributed by atoms with Crippen LogP contribution in [-0.4, -0.2) is 25.7 Å². The molecule has 118 valence electrons. The molecule has 2 aromatic heterocycles. The van der Waals surface area contributed by atoms with E-state index in [9.17, 15) is 9.18 Å². The van der Waals surface area contributed by atoms with Crippen LogP contribution in [0.1, 0.15) is 18.8 Å². The van der Waals surface area contributed by atoms with Gasteiger partial charge >= 0.3 is 6.09 Å². The van der Waals surface area contributed by atoms with Crippen LogP contribution in [0.5, 0.6) is 0 Å². The van der Waals surface area contributed by atoms with Crippen molar-refractivity contribution in [3.05, 3.63) is 52.6 Å². The maximum atomic E-state index is 13.9. The van der Waals surface area contributed by atoms with Gasteiger partial charge in [-0.05, 0) is 47.1 Å². The van der Waals surface area contributed by atoms with E-state index in [4.69, 9.17) is 5.11 Å². The Labute approximate surface area is 139 Å². The third-order valence-corrected chi connectivity index (χ3v) is 4.10. The number of fused-ring (bicyclic) bond motifs is 1. The first-order chi connectivity index (χ1) is 11.0. The standard InChI is InChI=1S/C15H12BrFN4O2/c1-8(19-15(22)23)14-20-10-6-5-9(17)12(16)13(10)21(14)11-4-2-3-7-18-11/h2-8,19H,1H3,(H,22,23)/t8-/m0/s1. The Morgan fingerprint density at radius 2 is 2.17 bits per heavy atom. The molecule has 1 atom stereocenters. The fraction of sp³-hybridized carbons (Fsp3) is 0.133. The van der Waals surface area contributed by atoms with E-state index in [0.717, 1.165) is 0 Å². The highest BCUT2D eigenvalue weighted by Gasteiger charge is 2.22. The van der Waals surface area contributed by atoms with E-state index in [-0.39, 0.29) is 4.47 Å². The zero-order valence-electron chi connectivity index (χ0n) is 12.0. The first kappa shape index (κ1) is 15.4. The molecule has 0 radical (unpaired) electrons. The molecule has 3 aromatic rings. The van der Waals surface area contributed by atoms with Gasteiger partial charge in [0.2, 0.25) is 0 Å². The van der Waals surface area contributed by atoms with Gasteiger partial charge in [-0.25, -0.2) is 19.2 Å². The van der Waals surface area contributed by atoms with Crippen molar-refractivity contribution in [3.63, 3.8) is 0 Å². The number of hydrogen-bond donors (Lipinski definition) is 2. The second-order valence-corrected chi connectivity index (χ2v) is 5.69. The number of hydrogen-bond acceptors (Lipinski definition) is 3. The molecule has 0 aliphatic heterocycles. The predicted octanol–water partition coefficient (Wildman–Crippen LogP) is 3.65. The van der Waals surface area contributed by atoms with Gasteiger partial charge in [-0.15, -0.1) is 0 Å². The third kappa shape index (κ3) is 2.77. The number of carbonyl (C=O) groups is 1. The summed E-state index contributed by atoms with van der Waals surface area (Å²) in [5.74, 6) is 0.516. The molecule has 3 rings (SSSR count). The quantitative estimate of drug-likeness (QED) is 0.728. The first-order valence-electron chi connectivity index (χ1n) is 6.76. The number of halogens is 2. The Balaban J connectivity index is 2.31. The molecular weight excluding hydrogens is 367 g/mol. The van der Waals surface area contributed by atoms with E-state index in [1.807, 2.05) is 0 Å². The van der Waals surface area contributed by atoms with Gasteiger partial charge in [0.25, 0.3) is 0 Å². The van der Waals surface area contributed by atoms with Crippen LogP contribution in [0.25, 0.3) is 16.9 Å². The Morgan fingerprint density at radius 3 is 2.83 bits per heavy atom. The Bertz CT molecular complexity index is 882. The molecular formula is C15H12BrFN4O2. The number of amides is 1. The number of benzene rings is 1. The average Bonchev–Trinajstić information content (AvgIpc) is 2.91. The average molecular weight is 379 g/mol. The van der Waals surface area contributed by atoms with Crippen molar-refractivity contribution < 1.29 is 14.3 Å². The van der Waals surface area contributed by atoms with Crippen LogP contribution in [0, 0.1) is 5.82 Å². The first-order valence-corrected chi connectivity index (χ1v) is 7.55. The lowest BCUT2D eigenvalue weighted by Gasteiger charge is -2.14. The van der Waals surface area contributed by atoms with Gasteiger partial charge in [-0.3, -0.25) is 4.57 Å². The number of carboxylic acid groups (broad SMARTS) is 1. The third-order valence-electron chi connectivity index (χ3n) is 3.34. The van der Waals surface area contributed by atoms with Crippen LogP contribution in [-0.2, 0) is 0 Å². The zero-order valence-corrected chi connectivity index (χ0v) is 13.6. The van der Waals surface area contributed by atoms with Crippen LogP contribution in [0.3, 0.4) is 0 Å². The molecule has 2 N–H and O–H groups in total. The van der Waals surface area contributed by atoms with Gasteiger partial charge in [-0.1, -0.05) is 6.07 Å². The zero-order chi connectivity index (χ0) is 16.6. The fourth-order valence-electron chi connectivity index (χ4n) is 2.38. The van der Waals surface area contributed by atoms with E-state index >= 15 is 0 Å². The summed E-state index contributed by atoms with van der Waals surface area (Å²) in [7, 11) is 0. The molecule has 6 nitrogen and oxygen atoms in total. The SMILES string of the molecule is C[C@H](NC(=O)O)c1nc2ccc(F)c(Br)c2n1-c1ccccn1. The maximum Gasteiger partial charge on any atom is 0.405 e. The predicted molar refractivity (Wildman–Crippen MR) is 86.1 cm³/mol. The van der Waals surface area contributed by atoms with Gasteiger partial charge in [0, 0.05) is 6.20 Å². The Hall–Kier alpha value is -2.48. The van der Waals surface area contributed by atoms with Crippen LogP contribution in [0.4, 0.5) is 9.18 Å². The summed E-state index contributed by atoms with van der Waals surface area (Å²) in [5.41, 5.74) is 1.04. The van der Waals surface area contributed by atoms with Gasteiger partial charge in [-0.2, -0.15) is 0 Å². The molecule has 2 heterocycles. The number of imidazole rings is 1. The minimum atomic E-state index is -1.16. The van der Waals surface area contributed by atoms with Gasteiger partial charge in [0.15, 0.2) is 0 Å². The van der Waals surface area contributed by atoms with Crippen LogP contribution in [0.15, 0.2) is 41.0 Å². The molecule has 0 saturated carbocycles.